The van der Waals surface area contributed by atoms with Crippen LogP contribution in [0.4, 0.5) is 17.6 Å². The van der Waals surface area contributed by atoms with E-state index in [1.54, 1.807) is 6.07 Å². The second kappa shape index (κ2) is 9.94. The summed E-state index contributed by atoms with van der Waals surface area (Å²) in [6, 6.07) is 6.42. The smallest absolute Gasteiger partial charge is 0.421 e. The van der Waals surface area contributed by atoms with Crippen molar-refractivity contribution in [2.75, 3.05) is 27.3 Å². The van der Waals surface area contributed by atoms with Crippen LogP contribution in [0.25, 0.3) is 0 Å². The van der Waals surface area contributed by atoms with E-state index in [2.05, 4.69) is 20.6 Å². The van der Waals surface area contributed by atoms with E-state index < -0.39 is 23.4 Å². The zero-order valence-corrected chi connectivity index (χ0v) is 16.2. The Hall–Kier alpha value is -3.04. The monoisotopic (exact) mass is 414 g/mol. The van der Waals surface area contributed by atoms with Crippen molar-refractivity contribution in [3.8, 4) is 11.6 Å². The van der Waals surface area contributed by atoms with E-state index in [0.717, 1.165) is 6.07 Å². The van der Waals surface area contributed by atoms with Crippen LogP contribution in [-0.4, -0.2) is 38.3 Å². The molecule has 6 nitrogen and oxygen atoms in total. The number of rotatable bonds is 7. The molecule has 158 valence electrons. The number of aromatic nitrogens is 1. The molecule has 0 bridgehead atoms. The molecule has 2 aromatic rings. The summed E-state index contributed by atoms with van der Waals surface area (Å²) in [6.07, 6.45) is -3.31. The van der Waals surface area contributed by atoms with Crippen LogP contribution in [0.15, 0.2) is 41.5 Å². The number of pyridine rings is 1. The van der Waals surface area contributed by atoms with Crippen molar-refractivity contribution >= 4 is 5.96 Å². The Morgan fingerprint density at radius 1 is 1.28 bits per heavy atom. The predicted octanol–water partition coefficient (Wildman–Crippen LogP) is 3.55. The number of alkyl halides is 3. The molecule has 0 aliphatic heterocycles. The zero-order valence-electron chi connectivity index (χ0n) is 16.2. The first kappa shape index (κ1) is 22.3. The molecule has 1 aromatic heterocycles. The molecular weight excluding hydrogens is 392 g/mol. The van der Waals surface area contributed by atoms with Crippen LogP contribution in [-0.2, 0) is 6.18 Å². The number of halogens is 4. The molecule has 1 heterocycles. The maximum absolute atomic E-state index is 13.9. The molecule has 2 N–H and O–H groups in total. The third-order valence-corrected chi connectivity index (χ3v) is 3.96. The van der Waals surface area contributed by atoms with Gasteiger partial charge in [0.1, 0.15) is 12.2 Å². The van der Waals surface area contributed by atoms with Crippen LogP contribution in [0, 0.1) is 5.82 Å². The Morgan fingerprint density at radius 3 is 2.66 bits per heavy atom. The summed E-state index contributed by atoms with van der Waals surface area (Å²) >= 11 is 0. The SMILES string of the molecule is CN=C(NCCOc1ncccc1C(F)(F)F)NC(C)c1ccc(OC)c(F)c1. The first-order chi connectivity index (χ1) is 13.8. The topological polar surface area (TPSA) is 67.8 Å². The minimum absolute atomic E-state index is 0.0632. The fraction of sp³-hybridized carbons (Fsp3) is 0.368. The summed E-state index contributed by atoms with van der Waals surface area (Å²) < 4.78 is 62.7. The molecule has 1 aromatic carbocycles. The number of benzene rings is 1. The van der Waals surface area contributed by atoms with E-state index in [1.165, 1.54) is 38.6 Å². The van der Waals surface area contributed by atoms with Gasteiger partial charge in [-0.3, -0.25) is 4.99 Å². The molecule has 0 amide bonds. The van der Waals surface area contributed by atoms with E-state index >= 15 is 0 Å². The highest BCUT2D eigenvalue weighted by Crippen LogP contribution is 2.34. The average molecular weight is 414 g/mol. The molecule has 0 radical (unpaired) electrons. The number of hydrogen-bond donors (Lipinski definition) is 2. The minimum Gasteiger partial charge on any atom is -0.494 e. The lowest BCUT2D eigenvalue weighted by molar-refractivity contribution is -0.139. The predicted molar refractivity (Wildman–Crippen MR) is 101 cm³/mol. The van der Waals surface area contributed by atoms with Gasteiger partial charge in [0.15, 0.2) is 17.5 Å². The lowest BCUT2D eigenvalue weighted by Gasteiger charge is -2.19. The van der Waals surface area contributed by atoms with E-state index in [1.807, 2.05) is 6.92 Å². The van der Waals surface area contributed by atoms with Gasteiger partial charge in [-0.2, -0.15) is 13.2 Å². The van der Waals surface area contributed by atoms with Crippen molar-refractivity contribution in [3.63, 3.8) is 0 Å². The van der Waals surface area contributed by atoms with Crippen LogP contribution < -0.4 is 20.1 Å². The molecule has 1 unspecified atom stereocenters. The second-order valence-corrected chi connectivity index (χ2v) is 5.96. The van der Waals surface area contributed by atoms with Gasteiger partial charge in [0.25, 0.3) is 0 Å². The van der Waals surface area contributed by atoms with E-state index in [9.17, 15) is 17.6 Å². The highest BCUT2D eigenvalue weighted by molar-refractivity contribution is 5.80. The van der Waals surface area contributed by atoms with Crippen LogP contribution >= 0.6 is 0 Å². The van der Waals surface area contributed by atoms with Gasteiger partial charge in [0.2, 0.25) is 5.88 Å². The highest BCUT2D eigenvalue weighted by atomic mass is 19.4. The molecular formula is C19H22F4N4O2. The summed E-state index contributed by atoms with van der Waals surface area (Å²) in [5.74, 6) is -0.430. The number of hydrogen-bond acceptors (Lipinski definition) is 4. The third kappa shape index (κ3) is 6.23. The molecule has 0 fully saturated rings. The number of ether oxygens (including phenoxy) is 2. The Balaban J connectivity index is 1.88. The van der Waals surface area contributed by atoms with Crippen LogP contribution in [0.1, 0.15) is 24.1 Å². The molecule has 0 aliphatic rings. The number of nitrogens with zero attached hydrogens (tertiary/aromatic N) is 2. The molecule has 2 rings (SSSR count). The highest BCUT2D eigenvalue weighted by Gasteiger charge is 2.35. The minimum atomic E-state index is -4.54. The first-order valence-corrected chi connectivity index (χ1v) is 8.72. The summed E-state index contributed by atoms with van der Waals surface area (Å²) in [5, 5.41) is 5.98. The standard InChI is InChI=1S/C19H22F4N4O2/c1-12(13-6-7-16(28-3)15(20)11-13)27-18(24-2)26-9-10-29-17-14(19(21,22)23)5-4-8-25-17/h4-8,11-12H,9-10H2,1-3H3,(H2,24,26,27). The van der Waals surface area contributed by atoms with Crippen LogP contribution in [0.2, 0.25) is 0 Å². The quantitative estimate of drug-likeness (QED) is 0.314. The van der Waals surface area contributed by atoms with E-state index in [4.69, 9.17) is 9.47 Å². The van der Waals surface area contributed by atoms with Crippen molar-refractivity contribution in [2.45, 2.75) is 19.1 Å². The first-order valence-electron chi connectivity index (χ1n) is 8.72. The molecule has 0 spiro atoms. The van der Waals surface area contributed by atoms with Gasteiger partial charge >= 0.3 is 6.18 Å². The normalized spacial score (nSPS) is 13.0. The van der Waals surface area contributed by atoms with Gasteiger partial charge in [0, 0.05) is 13.2 Å². The lowest BCUT2D eigenvalue weighted by atomic mass is 10.1. The Labute approximate surface area is 166 Å². The van der Waals surface area contributed by atoms with Crippen LogP contribution in [0.3, 0.4) is 0 Å². The van der Waals surface area contributed by atoms with Gasteiger partial charge in [-0.15, -0.1) is 0 Å². The number of aliphatic imine (C=N–C) groups is 1. The second-order valence-electron chi connectivity index (χ2n) is 5.96. The van der Waals surface area contributed by atoms with Crippen molar-refractivity contribution in [3.05, 3.63) is 53.5 Å². The molecule has 10 heteroatoms. The van der Waals surface area contributed by atoms with Crippen molar-refractivity contribution in [1.29, 1.82) is 0 Å². The molecule has 0 aliphatic carbocycles. The molecule has 29 heavy (non-hydrogen) atoms. The van der Waals surface area contributed by atoms with Gasteiger partial charge in [-0.25, -0.2) is 9.37 Å². The maximum Gasteiger partial charge on any atom is 0.421 e. The van der Waals surface area contributed by atoms with Crippen molar-refractivity contribution in [2.24, 2.45) is 4.99 Å². The molecule has 1 atom stereocenters. The summed E-state index contributed by atoms with van der Waals surface area (Å²) in [6.45, 7) is 1.93. The summed E-state index contributed by atoms with van der Waals surface area (Å²) in [4.78, 5) is 7.67. The number of nitrogens with one attached hydrogen (secondary N) is 2. The Morgan fingerprint density at radius 2 is 2.03 bits per heavy atom. The zero-order chi connectivity index (χ0) is 21.4. The lowest BCUT2D eigenvalue weighted by Crippen LogP contribution is -2.40. The largest absolute Gasteiger partial charge is 0.494 e. The summed E-state index contributed by atoms with van der Waals surface area (Å²) in [7, 11) is 2.92. The Kier molecular flexibility index (Phi) is 7.63. The van der Waals surface area contributed by atoms with Gasteiger partial charge in [-0.05, 0) is 36.8 Å². The molecule has 0 saturated carbocycles. The third-order valence-electron chi connectivity index (χ3n) is 3.96. The fourth-order valence-electron chi connectivity index (χ4n) is 2.47. The van der Waals surface area contributed by atoms with Gasteiger partial charge < -0.3 is 20.1 Å². The number of guanidine groups is 1. The fourth-order valence-corrected chi connectivity index (χ4v) is 2.47. The van der Waals surface area contributed by atoms with Gasteiger partial charge in [-0.1, -0.05) is 6.07 Å². The van der Waals surface area contributed by atoms with Crippen molar-refractivity contribution < 1.29 is 27.0 Å². The number of methoxy groups -OCH3 is 1. The molecule has 0 saturated heterocycles. The summed E-state index contributed by atoms with van der Waals surface area (Å²) in [5.41, 5.74) is -0.261. The average Bonchev–Trinajstić information content (AvgIpc) is 2.69. The van der Waals surface area contributed by atoms with Gasteiger partial charge in [0.05, 0.1) is 19.7 Å². The maximum atomic E-state index is 13.9. The van der Waals surface area contributed by atoms with Crippen molar-refractivity contribution in [1.82, 2.24) is 15.6 Å². The Bertz CT molecular complexity index is 843. The van der Waals surface area contributed by atoms with E-state index in [-0.39, 0.29) is 24.9 Å². The van der Waals surface area contributed by atoms with Crippen LogP contribution in [0.5, 0.6) is 11.6 Å². The van der Waals surface area contributed by atoms with E-state index in [0.29, 0.717) is 11.5 Å².